The molecule has 0 aliphatic heterocycles. The van der Waals surface area contributed by atoms with Crippen molar-refractivity contribution in [3.63, 3.8) is 0 Å². The molecule has 0 aliphatic rings. The average Bonchev–Trinajstić information content (AvgIpc) is 2.70. The number of furan rings is 1. The molecule has 2 aromatic rings. The molecular formula is C16H18N2O2S. The SMILES string of the molecule is Cc1oc(C)c(C(=O)NCc2cccc(C(N)=S)c2)c1C. The normalized spacial score (nSPS) is 10.4. The molecule has 110 valence electrons. The number of nitrogens with two attached hydrogens (primary N) is 1. The van der Waals surface area contributed by atoms with Crippen LogP contribution in [0.15, 0.2) is 28.7 Å². The van der Waals surface area contributed by atoms with Gasteiger partial charge in [-0.05, 0) is 32.4 Å². The van der Waals surface area contributed by atoms with E-state index in [0.717, 1.165) is 22.5 Å². The third-order valence-corrected chi connectivity index (χ3v) is 3.69. The number of nitrogens with one attached hydrogen (secondary N) is 1. The van der Waals surface area contributed by atoms with Gasteiger partial charge in [0, 0.05) is 17.7 Å². The summed E-state index contributed by atoms with van der Waals surface area (Å²) in [7, 11) is 0. The number of rotatable bonds is 4. The van der Waals surface area contributed by atoms with Crippen LogP contribution >= 0.6 is 12.2 Å². The zero-order valence-corrected chi connectivity index (χ0v) is 13.1. The van der Waals surface area contributed by atoms with Crippen molar-refractivity contribution in [2.75, 3.05) is 0 Å². The van der Waals surface area contributed by atoms with Crippen LogP contribution in [0.2, 0.25) is 0 Å². The van der Waals surface area contributed by atoms with Crippen molar-refractivity contribution in [3.05, 3.63) is 58.0 Å². The maximum Gasteiger partial charge on any atom is 0.255 e. The van der Waals surface area contributed by atoms with Crippen LogP contribution in [0.4, 0.5) is 0 Å². The molecule has 0 spiro atoms. The second-order valence-corrected chi connectivity index (χ2v) is 5.40. The van der Waals surface area contributed by atoms with Crippen LogP contribution in [-0.4, -0.2) is 10.9 Å². The minimum atomic E-state index is -0.137. The van der Waals surface area contributed by atoms with Crippen molar-refractivity contribution >= 4 is 23.1 Å². The van der Waals surface area contributed by atoms with Gasteiger partial charge in [-0.1, -0.05) is 30.4 Å². The number of benzene rings is 1. The van der Waals surface area contributed by atoms with Gasteiger partial charge >= 0.3 is 0 Å². The van der Waals surface area contributed by atoms with Crippen molar-refractivity contribution in [3.8, 4) is 0 Å². The molecule has 0 atom stereocenters. The Morgan fingerprint density at radius 1 is 1.29 bits per heavy atom. The zero-order valence-electron chi connectivity index (χ0n) is 12.3. The number of aryl methyl sites for hydroxylation is 2. The second kappa shape index (κ2) is 6.10. The quantitative estimate of drug-likeness (QED) is 0.852. The summed E-state index contributed by atoms with van der Waals surface area (Å²) in [5.41, 5.74) is 8.83. The second-order valence-electron chi connectivity index (χ2n) is 4.96. The smallest absolute Gasteiger partial charge is 0.255 e. The highest BCUT2D eigenvalue weighted by Gasteiger charge is 2.18. The van der Waals surface area contributed by atoms with E-state index in [2.05, 4.69) is 5.32 Å². The summed E-state index contributed by atoms with van der Waals surface area (Å²) in [4.78, 5) is 12.6. The fourth-order valence-corrected chi connectivity index (χ4v) is 2.36. The van der Waals surface area contributed by atoms with Gasteiger partial charge in [0.2, 0.25) is 0 Å². The molecule has 0 radical (unpaired) electrons. The first kappa shape index (κ1) is 15.3. The first-order valence-corrected chi connectivity index (χ1v) is 7.04. The van der Waals surface area contributed by atoms with Gasteiger partial charge in [0.15, 0.2) is 0 Å². The molecule has 1 aromatic heterocycles. The van der Waals surface area contributed by atoms with Gasteiger partial charge in [-0.2, -0.15) is 0 Å². The fourth-order valence-electron chi connectivity index (χ4n) is 2.23. The van der Waals surface area contributed by atoms with E-state index in [0.29, 0.717) is 22.9 Å². The average molecular weight is 302 g/mol. The zero-order chi connectivity index (χ0) is 15.6. The van der Waals surface area contributed by atoms with Gasteiger partial charge in [-0.3, -0.25) is 4.79 Å². The molecule has 3 N–H and O–H groups in total. The highest BCUT2D eigenvalue weighted by atomic mass is 32.1. The number of thiocarbonyl (C=S) groups is 1. The van der Waals surface area contributed by atoms with E-state index in [1.54, 1.807) is 6.92 Å². The molecule has 2 rings (SSSR count). The molecule has 5 heteroatoms. The fraction of sp³-hybridized carbons (Fsp3) is 0.250. The lowest BCUT2D eigenvalue weighted by atomic mass is 10.1. The summed E-state index contributed by atoms with van der Waals surface area (Å²) < 4.78 is 5.47. The Morgan fingerprint density at radius 2 is 2.00 bits per heavy atom. The summed E-state index contributed by atoms with van der Waals surface area (Å²) in [6.45, 7) is 5.94. The van der Waals surface area contributed by atoms with E-state index in [4.69, 9.17) is 22.4 Å². The Kier molecular flexibility index (Phi) is 4.43. The minimum Gasteiger partial charge on any atom is -0.466 e. The number of carbonyl (C=O) groups excluding carboxylic acids is 1. The predicted octanol–water partition coefficient (Wildman–Crippen LogP) is 2.77. The van der Waals surface area contributed by atoms with Crippen LogP contribution in [0.25, 0.3) is 0 Å². The van der Waals surface area contributed by atoms with Crippen LogP contribution < -0.4 is 11.1 Å². The highest BCUT2D eigenvalue weighted by molar-refractivity contribution is 7.80. The molecule has 21 heavy (non-hydrogen) atoms. The van der Waals surface area contributed by atoms with Gasteiger partial charge in [-0.15, -0.1) is 0 Å². The Balaban J connectivity index is 2.11. The van der Waals surface area contributed by atoms with Crippen molar-refractivity contribution in [1.82, 2.24) is 5.32 Å². The van der Waals surface area contributed by atoms with E-state index in [9.17, 15) is 4.79 Å². The molecule has 0 unspecified atom stereocenters. The Labute approximate surface area is 129 Å². The number of hydrogen-bond donors (Lipinski definition) is 2. The van der Waals surface area contributed by atoms with Gasteiger partial charge in [0.05, 0.1) is 5.56 Å². The van der Waals surface area contributed by atoms with E-state index < -0.39 is 0 Å². The van der Waals surface area contributed by atoms with Crippen LogP contribution in [0.1, 0.15) is 38.6 Å². The molecule has 4 nitrogen and oxygen atoms in total. The predicted molar refractivity (Wildman–Crippen MR) is 86.4 cm³/mol. The van der Waals surface area contributed by atoms with Crippen molar-refractivity contribution in [2.45, 2.75) is 27.3 Å². The van der Waals surface area contributed by atoms with E-state index in [1.165, 1.54) is 0 Å². The maximum atomic E-state index is 12.3. The van der Waals surface area contributed by atoms with Gasteiger partial charge in [0.1, 0.15) is 16.5 Å². The molecule has 0 fully saturated rings. The summed E-state index contributed by atoms with van der Waals surface area (Å²) >= 11 is 4.95. The minimum absolute atomic E-state index is 0.137. The molecule has 1 aromatic carbocycles. The third-order valence-electron chi connectivity index (χ3n) is 3.45. The summed E-state index contributed by atoms with van der Waals surface area (Å²) in [6, 6.07) is 7.52. The molecule has 0 bridgehead atoms. The van der Waals surface area contributed by atoms with E-state index in [-0.39, 0.29) is 5.91 Å². The summed E-state index contributed by atoms with van der Waals surface area (Å²) in [5.74, 6) is 1.27. The van der Waals surface area contributed by atoms with E-state index >= 15 is 0 Å². The Morgan fingerprint density at radius 3 is 2.57 bits per heavy atom. The topological polar surface area (TPSA) is 68.3 Å². The molecule has 0 saturated carbocycles. The van der Waals surface area contributed by atoms with Crippen LogP contribution in [0, 0.1) is 20.8 Å². The van der Waals surface area contributed by atoms with Crippen molar-refractivity contribution in [2.24, 2.45) is 5.73 Å². The molecule has 1 heterocycles. The molecule has 0 saturated heterocycles. The first-order valence-electron chi connectivity index (χ1n) is 6.63. The maximum absolute atomic E-state index is 12.3. The Bertz CT molecular complexity index is 704. The molecule has 1 amide bonds. The van der Waals surface area contributed by atoms with Crippen LogP contribution in [-0.2, 0) is 6.54 Å². The number of amides is 1. The van der Waals surface area contributed by atoms with Gasteiger partial charge < -0.3 is 15.5 Å². The first-order chi connectivity index (χ1) is 9.90. The van der Waals surface area contributed by atoms with Crippen LogP contribution in [0.3, 0.4) is 0 Å². The summed E-state index contributed by atoms with van der Waals surface area (Å²) in [6.07, 6.45) is 0. The highest BCUT2D eigenvalue weighted by Crippen LogP contribution is 2.20. The largest absolute Gasteiger partial charge is 0.466 e. The van der Waals surface area contributed by atoms with Gasteiger partial charge in [-0.25, -0.2) is 0 Å². The number of hydrogen-bond acceptors (Lipinski definition) is 3. The molecule has 0 aliphatic carbocycles. The lowest BCUT2D eigenvalue weighted by Gasteiger charge is -2.07. The standard InChI is InChI=1S/C16H18N2O2S/c1-9-10(2)20-11(3)14(9)16(19)18-8-12-5-4-6-13(7-12)15(17)21/h4-7H,8H2,1-3H3,(H2,17,21)(H,18,19). The summed E-state index contributed by atoms with van der Waals surface area (Å²) in [5, 5.41) is 2.89. The lowest BCUT2D eigenvalue weighted by molar-refractivity contribution is 0.0949. The number of carbonyl (C=O) groups is 1. The van der Waals surface area contributed by atoms with E-state index in [1.807, 2.05) is 38.1 Å². The third kappa shape index (κ3) is 3.31. The Hall–Kier alpha value is -2.14. The molecular weight excluding hydrogens is 284 g/mol. The van der Waals surface area contributed by atoms with Crippen molar-refractivity contribution in [1.29, 1.82) is 0 Å². The van der Waals surface area contributed by atoms with Crippen LogP contribution in [0.5, 0.6) is 0 Å². The monoisotopic (exact) mass is 302 g/mol. The van der Waals surface area contributed by atoms with Crippen molar-refractivity contribution < 1.29 is 9.21 Å². The van der Waals surface area contributed by atoms with Gasteiger partial charge in [0.25, 0.3) is 5.91 Å². The lowest BCUT2D eigenvalue weighted by Crippen LogP contribution is -2.24.